The van der Waals surface area contributed by atoms with Gasteiger partial charge in [0.05, 0.1) is 0 Å². The van der Waals surface area contributed by atoms with Crippen molar-refractivity contribution in [2.24, 2.45) is 10.7 Å². The van der Waals surface area contributed by atoms with Crippen LogP contribution in [0.1, 0.15) is 16.1 Å². The zero-order chi connectivity index (χ0) is 18.8. The van der Waals surface area contributed by atoms with Crippen LogP contribution in [0, 0.1) is 6.92 Å². The van der Waals surface area contributed by atoms with Gasteiger partial charge in [-0.2, -0.15) is 13.2 Å². The Morgan fingerprint density at radius 3 is 2.68 bits per heavy atom. The number of carbonyl (C=O) groups is 1. The summed E-state index contributed by atoms with van der Waals surface area (Å²) in [6.45, 7) is 1.03. The van der Waals surface area contributed by atoms with Gasteiger partial charge < -0.3 is 20.0 Å². The second-order valence-electron chi connectivity index (χ2n) is 5.11. The van der Waals surface area contributed by atoms with Gasteiger partial charge in [0.25, 0.3) is 0 Å². The van der Waals surface area contributed by atoms with E-state index in [9.17, 15) is 23.1 Å². The zero-order valence-corrected chi connectivity index (χ0v) is 13.3. The molecular weight excluding hydrogens is 341 g/mol. The maximum absolute atomic E-state index is 12.7. The predicted octanol–water partition coefficient (Wildman–Crippen LogP) is 3.29. The van der Waals surface area contributed by atoms with Crippen LogP contribution in [0.4, 0.5) is 13.2 Å². The van der Waals surface area contributed by atoms with Gasteiger partial charge in [0, 0.05) is 24.2 Å². The number of allylic oxidation sites excluding steroid dienone is 1. The summed E-state index contributed by atoms with van der Waals surface area (Å²) in [5.41, 5.74) is 3.77. The molecule has 3 N–H and O–H groups in total. The number of hydrogen-bond acceptors (Lipinski definition) is 5. The first kappa shape index (κ1) is 18.4. The largest absolute Gasteiger partial charge is 0.489 e. The molecule has 0 bridgehead atoms. The molecule has 6 nitrogen and oxygen atoms in total. The highest BCUT2D eigenvalue weighted by Gasteiger charge is 2.34. The first-order valence-electron chi connectivity index (χ1n) is 7.02. The maximum Gasteiger partial charge on any atom is 0.431 e. The summed E-state index contributed by atoms with van der Waals surface area (Å²) < 4.78 is 48.8. The van der Waals surface area contributed by atoms with Gasteiger partial charge in [0.15, 0.2) is 0 Å². The molecular formula is C16H15F3N2O4. The molecule has 1 aromatic heterocycles. The second-order valence-corrected chi connectivity index (χ2v) is 5.11. The number of rotatable bonds is 5. The minimum absolute atomic E-state index is 0.0267. The third-order valence-corrected chi connectivity index (χ3v) is 3.38. The molecule has 25 heavy (non-hydrogen) atoms. The van der Waals surface area contributed by atoms with E-state index in [4.69, 9.17) is 14.9 Å². The average Bonchev–Trinajstić information content (AvgIpc) is 2.84. The van der Waals surface area contributed by atoms with Crippen molar-refractivity contribution in [2.45, 2.75) is 13.1 Å². The Hall–Kier alpha value is -2.97. The fourth-order valence-corrected chi connectivity index (χ4v) is 2.24. The summed E-state index contributed by atoms with van der Waals surface area (Å²) in [5.74, 6) is -0.777. The number of halogens is 3. The average molecular weight is 356 g/mol. The fourth-order valence-electron chi connectivity index (χ4n) is 2.24. The van der Waals surface area contributed by atoms with E-state index in [-0.39, 0.29) is 22.6 Å². The van der Waals surface area contributed by atoms with Crippen molar-refractivity contribution in [1.82, 2.24) is 0 Å². The van der Waals surface area contributed by atoms with Crippen LogP contribution in [0.3, 0.4) is 0 Å². The van der Waals surface area contributed by atoms with E-state index in [0.717, 1.165) is 6.21 Å². The molecule has 0 aliphatic heterocycles. The lowest BCUT2D eigenvalue weighted by Crippen LogP contribution is -2.24. The smallest absolute Gasteiger partial charge is 0.431 e. The minimum Gasteiger partial charge on any atom is -0.489 e. The normalized spacial score (nSPS) is 13.3. The maximum atomic E-state index is 12.7. The van der Waals surface area contributed by atoms with Crippen molar-refractivity contribution in [1.29, 1.82) is 0 Å². The van der Waals surface area contributed by atoms with Crippen LogP contribution in [0.15, 0.2) is 38.9 Å². The Morgan fingerprint density at radius 1 is 1.44 bits per heavy atom. The van der Waals surface area contributed by atoms with Crippen molar-refractivity contribution in [3.63, 3.8) is 0 Å². The van der Waals surface area contributed by atoms with E-state index < -0.39 is 24.4 Å². The number of benzene rings is 1. The van der Waals surface area contributed by atoms with Gasteiger partial charge in [-0.05, 0) is 25.1 Å². The number of aryl methyl sites for hydroxylation is 1. The number of furan rings is 1. The molecule has 2 aromatic rings. The van der Waals surface area contributed by atoms with E-state index in [1.807, 2.05) is 0 Å². The third-order valence-electron chi connectivity index (χ3n) is 3.38. The topological polar surface area (TPSA) is 98.0 Å². The molecule has 0 spiro atoms. The number of carboxylic acid groups (broad SMARTS) is 1. The van der Waals surface area contributed by atoms with Crippen molar-refractivity contribution < 1.29 is 32.2 Å². The van der Waals surface area contributed by atoms with Gasteiger partial charge in [-0.15, -0.1) is 0 Å². The van der Waals surface area contributed by atoms with Crippen LogP contribution in [-0.2, 0) is 0 Å². The Kier molecular flexibility index (Phi) is 5.05. The summed E-state index contributed by atoms with van der Waals surface area (Å²) in [5, 5.41) is 9.52. The third kappa shape index (κ3) is 3.93. The molecule has 9 heteroatoms. The second kappa shape index (κ2) is 6.88. The lowest BCUT2D eigenvalue weighted by atomic mass is 10.1. The molecule has 1 aromatic carbocycles. The molecule has 0 radical (unpaired) electrons. The van der Waals surface area contributed by atoms with Gasteiger partial charge in [-0.25, -0.2) is 4.79 Å². The number of carboxylic acids is 1. The van der Waals surface area contributed by atoms with Crippen LogP contribution in [0.5, 0.6) is 5.75 Å². The summed E-state index contributed by atoms with van der Waals surface area (Å²) in [4.78, 5) is 14.8. The number of alkyl halides is 3. The van der Waals surface area contributed by atoms with E-state index >= 15 is 0 Å². The molecule has 0 saturated heterocycles. The monoisotopic (exact) mass is 356 g/mol. The summed E-state index contributed by atoms with van der Waals surface area (Å²) >= 11 is 0. The SMILES string of the molecule is CN=CC(COc1ccc2oc(C)c(C(=O)O)c2c1)=C(N)C(F)(F)F. The molecule has 0 aliphatic carbocycles. The van der Waals surface area contributed by atoms with Gasteiger partial charge >= 0.3 is 12.1 Å². The van der Waals surface area contributed by atoms with Crippen LogP contribution >= 0.6 is 0 Å². The zero-order valence-electron chi connectivity index (χ0n) is 13.3. The summed E-state index contributed by atoms with van der Waals surface area (Å²) in [6.07, 6.45) is -3.74. The number of ether oxygens (including phenoxy) is 1. The highest BCUT2D eigenvalue weighted by atomic mass is 19.4. The lowest BCUT2D eigenvalue weighted by molar-refractivity contribution is -0.0934. The number of aromatic carboxylic acids is 1. The van der Waals surface area contributed by atoms with Gasteiger partial charge in [-0.1, -0.05) is 0 Å². The van der Waals surface area contributed by atoms with Crippen LogP contribution in [-0.4, -0.2) is 37.1 Å². The molecule has 0 atom stereocenters. The van der Waals surface area contributed by atoms with E-state index in [0.29, 0.717) is 11.0 Å². The molecule has 0 fully saturated rings. The molecule has 0 amide bonds. The number of fused-ring (bicyclic) bond motifs is 1. The number of aliphatic imine (C=N–C) groups is 1. The summed E-state index contributed by atoms with van der Waals surface area (Å²) in [6, 6.07) is 4.33. The van der Waals surface area contributed by atoms with Crippen LogP contribution in [0.2, 0.25) is 0 Å². The van der Waals surface area contributed by atoms with Crippen LogP contribution in [0.25, 0.3) is 11.0 Å². The van der Waals surface area contributed by atoms with E-state index in [1.165, 1.54) is 32.2 Å². The molecule has 0 unspecified atom stereocenters. The standard InChI is InChI=1S/C16H15F3N2O4/c1-8-13(15(22)23)11-5-10(3-4-12(11)25-8)24-7-9(6-21-2)14(20)16(17,18)19/h3-6H,7,20H2,1-2H3,(H,22,23). The Balaban J connectivity index is 2.34. The molecule has 134 valence electrons. The highest BCUT2D eigenvalue weighted by Crippen LogP contribution is 2.29. The molecule has 0 saturated carbocycles. The number of nitrogens with zero attached hydrogens (tertiary/aromatic N) is 1. The van der Waals surface area contributed by atoms with Gasteiger partial charge in [0.1, 0.15) is 35.0 Å². The Morgan fingerprint density at radius 2 is 2.12 bits per heavy atom. The predicted molar refractivity (Wildman–Crippen MR) is 85.1 cm³/mol. The fraction of sp³-hybridized carbons (Fsp3) is 0.250. The highest BCUT2D eigenvalue weighted by molar-refractivity contribution is 6.03. The lowest BCUT2D eigenvalue weighted by Gasteiger charge is -2.12. The van der Waals surface area contributed by atoms with Crippen molar-refractivity contribution in [3.8, 4) is 5.75 Å². The van der Waals surface area contributed by atoms with Gasteiger partial charge in [0.2, 0.25) is 0 Å². The van der Waals surface area contributed by atoms with E-state index in [2.05, 4.69) is 4.99 Å². The van der Waals surface area contributed by atoms with Crippen LogP contribution < -0.4 is 10.5 Å². The quantitative estimate of drug-likeness (QED) is 0.801. The first-order chi connectivity index (χ1) is 11.6. The van der Waals surface area contributed by atoms with Gasteiger partial charge in [-0.3, -0.25) is 4.99 Å². The van der Waals surface area contributed by atoms with Crippen molar-refractivity contribution >= 4 is 23.2 Å². The first-order valence-corrected chi connectivity index (χ1v) is 7.02. The molecule has 1 heterocycles. The molecule has 2 rings (SSSR count). The summed E-state index contributed by atoms with van der Waals surface area (Å²) in [7, 11) is 1.31. The minimum atomic E-state index is -4.71. The Bertz CT molecular complexity index is 866. The number of nitrogens with two attached hydrogens (primary N) is 1. The molecule has 0 aliphatic rings. The Labute approximate surface area is 140 Å². The van der Waals surface area contributed by atoms with E-state index in [1.54, 1.807) is 0 Å². The number of hydrogen-bond donors (Lipinski definition) is 2. The van der Waals surface area contributed by atoms with Crippen molar-refractivity contribution in [3.05, 3.63) is 40.8 Å². The van der Waals surface area contributed by atoms with Crippen molar-refractivity contribution in [2.75, 3.05) is 13.7 Å².